The third-order valence-electron chi connectivity index (χ3n) is 3.23. The van der Waals surface area contributed by atoms with Gasteiger partial charge in [-0.3, -0.25) is 0 Å². The van der Waals surface area contributed by atoms with Crippen LogP contribution in [0.1, 0.15) is 5.56 Å². The Hall–Kier alpha value is -2.34. The van der Waals surface area contributed by atoms with Gasteiger partial charge < -0.3 is 0 Å². The maximum Gasteiger partial charge on any atom is -0.0178 e. The van der Waals surface area contributed by atoms with Crippen molar-refractivity contribution >= 4 is 16.8 Å². The van der Waals surface area contributed by atoms with Crippen LogP contribution in [-0.4, -0.2) is 0 Å². The van der Waals surface area contributed by atoms with Crippen LogP contribution < -0.4 is 0 Å². The van der Waals surface area contributed by atoms with Crippen molar-refractivity contribution in [3.05, 3.63) is 78.9 Å². The van der Waals surface area contributed by atoms with Crippen LogP contribution in [0.25, 0.3) is 28.0 Å². The van der Waals surface area contributed by atoms with Crippen molar-refractivity contribution in [3.63, 3.8) is 0 Å². The number of fused-ring (bicyclic) bond motifs is 1. The molecule has 3 rings (SSSR count). The van der Waals surface area contributed by atoms with E-state index < -0.39 is 0 Å². The van der Waals surface area contributed by atoms with Crippen LogP contribution >= 0.6 is 0 Å². The summed E-state index contributed by atoms with van der Waals surface area (Å²) in [5.41, 5.74) is 3.65. The van der Waals surface area contributed by atoms with E-state index >= 15 is 0 Å². The van der Waals surface area contributed by atoms with Gasteiger partial charge in [-0.05, 0) is 33.5 Å². The van der Waals surface area contributed by atoms with E-state index in [1.807, 2.05) is 6.08 Å². The fraction of sp³-hybridized carbons (Fsp3) is 0. The normalized spacial score (nSPS) is 10.4. The van der Waals surface area contributed by atoms with Gasteiger partial charge in [0.05, 0.1) is 0 Å². The van der Waals surface area contributed by atoms with Crippen LogP contribution in [0.3, 0.4) is 0 Å². The summed E-state index contributed by atoms with van der Waals surface area (Å²) in [5, 5.41) is 2.56. The van der Waals surface area contributed by atoms with Crippen LogP contribution in [0.5, 0.6) is 0 Å². The Morgan fingerprint density at radius 3 is 2.06 bits per heavy atom. The molecule has 3 aromatic carbocycles. The van der Waals surface area contributed by atoms with Crippen LogP contribution in [0, 0.1) is 0 Å². The molecule has 0 saturated carbocycles. The van der Waals surface area contributed by atoms with E-state index in [0.29, 0.717) is 0 Å². The molecule has 3 aromatic rings. The molecule has 0 spiro atoms. The molecule has 0 aromatic heterocycles. The minimum absolute atomic E-state index is 1.15. The molecule has 0 heterocycles. The number of hydrogen-bond donors (Lipinski definition) is 0. The van der Waals surface area contributed by atoms with Gasteiger partial charge in [-0.25, -0.2) is 0 Å². The predicted molar refractivity (Wildman–Crippen MR) is 79.5 cm³/mol. The quantitative estimate of drug-likeness (QED) is 0.571. The first-order valence-electron chi connectivity index (χ1n) is 6.08. The van der Waals surface area contributed by atoms with E-state index in [9.17, 15) is 0 Å². The SMILES string of the molecule is C=Cc1ccc(-c2ccc3ccccc3c2)cc1. The molecule has 0 atom stereocenters. The Morgan fingerprint density at radius 2 is 1.33 bits per heavy atom. The first-order chi connectivity index (χ1) is 8.86. The average Bonchev–Trinajstić information content (AvgIpc) is 2.47. The summed E-state index contributed by atoms with van der Waals surface area (Å²) < 4.78 is 0. The van der Waals surface area contributed by atoms with Gasteiger partial charge in [0.2, 0.25) is 0 Å². The van der Waals surface area contributed by atoms with E-state index in [1.54, 1.807) is 0 Å². The van der Waals surface area contributed by atoms with E-state index in [0.717, 1.165) is 5.56 Å². The van der Waals surface area contributed by atoms with Crippen molar-refractivity contribution < 1.29 is 0 Å². The van der Waals surface area contributed by atoms with E-state index in [1.165, 1.54) is 21.9 Å². The van der Waals surface area contributed by atoms with Crippen molar-refractivity contribution in [3.8, 4) is 11.1 Å². The van der Waals surface area contributed by atoms with Crippen molar-refractivity contribution in [1.29, 1.82) is 0 Å². The summed E-state index contributed by atoms with van der Waals surface area (Å²) in [7, 11) is 0. The predicted octanol–water partition coefficient (Wildman–Crippen LogP) is 5.15. The Morgan fingerprint density at radius 1 is 0.667 bits per heavy atom. The summed E-state index contributed by atoms with van der Waals surface area (Å²) in [6, 6.07) is 23.5. The summed E-state index contributed by atoms with van der Waals surface area (Å²) in [6.45, 7) is 3.77. The standard InChI is InChI=1S/C18H14/c1-2-14-7-9-16(10-8-14)18-12-11-15-5-3-4-6-17(15)13-18/h2-13H,1H2. The van der Waals surface area contributed by atoms with Crippen LogP contribution in [-0.2, 0) is 0 Å². The lowest BCUT2D eigenvalue weighted by Gasteiger charge is -2.04. The van der Waals surface area contributed by atoms with Gasteiger partial charge in [-0.2, -0.15) is 0 Å². The summed E-state index contributed by atoms with van der Waals surface area (Å²) in [5.74, 6) is 0. The van der Waals surface area contributed by atoms with Gasteiger partial charge in [0, 0.05) is 0 Å². The third-order valence-corrected chi connectivity index (χ3v) is 3.23. The van der Waals surface area contributed by atoms with E-state index in [-0.39, 0.29) is 0 Å². The Kier molecular flexibility index (Phi) is 2.70. The van der Waals surface area contributed by atoms with Gasteiger partial charge in [0.15, 0.2) is 0 Å². The Balaban J connectivity index is 2.10. The lowest BCUT2D eigenvalue weighted by atomic mass is 10.0. The molecule has 0 heteroatoms. The number of benzene rings is 3. The highest BCUT2D eigenvalue weighted by atomic mass is 14.0. The Bertz CT molecular complexity index is 691. The summed E-state index contributed by atoms with van der Waals surface area (Å²) in [6.07, 6.45) is 1.87. The molecule has 0 aliphatic rings. The minimum Gasteiger partial charge on any atom is -0.0985 e. The Labute approximate surface area is 107 Å². The van der Waals surface area contributed by atoms with Gasteiger partial charge in [-0.1, -0.05) is 73.3 Å². The van der Waals surface area contributed by atoms with Gasteiger partial charge >= 0.3 is 0 Å². The fourth-order valence-corrected chi connectivity index (χ4v) is 2.18. The van der Waals surface area contributed by atoms with Gasteiger partial charge in [0.1, 0.15) is 0 Å². The monoisotopic (exact) mass is 230 g/mol. The molecule has 0 unspecified atom stereocenters. The highest BCUT2D eigenvalue weighted by Crippen LogP contribution is 2.24. The molecule has 0 N–H and O–H groups in total. The summed E-state index contributed by atoms with van der Waals surface area (Å²) >= 11 is 0. The second-order valence-electron chi connectivity index (χ2n) is 4.39. The van der Waals surface area contributed by atoms with Crippen LogP contribution in [0.15, 0.2) is 73.3 Å². The largest absolute Gasteiger partial charge is 0.0985 e. The zero-order chi connectivity index (χ0) is 12.4. The molecule has 0 amide bonds. The molecular weight excluding hydrogens is 216 g/mol. The van der Waals surface area contributed by atoms with Crippen molar-refractivity contribution in [1.82, 2.24) is 0 Å². The van der Waals surface area contributed by atoms with Crippen LogP contribution in [0.2, 0.25) is 0 Å². The van der Waals surface area contributed by atoms with Crippen LogP contribution in [0.4, 0.5) is 0 Å². The van der Waals surface area contributed by atoms with E-state index in [4.69, 9.17) is 0 Å². The van der Waals surface area contributed by atoms with Gasteiger partial charge in [0.25, 0.3) is 0 Å². The second kappa shape index (κ2) is 4.50. The first-order valence-corrected chi connectivity index (χ1v) is 6.08. The number of hydrogen-bond acceptors (Lipinski definition) is 0. The average molecular weight is 230 g/mol. The zero-order valence-corrected chi connectivity index (χ0v) is 10.1. The maximum absolute atomic E-state index is 3.77. The smallest absolute Gasteiger partial charge is 0.0178 e. The summed E-state index contributed by atoms with van der Waals surface area (Å²) in [4.78, 5) is 0. The lowest BCUT2D eigenvalue weighted by Crippen LogP contribution is -1.79. The lowest BCUT2D eigenvalue weighted by molar-refractivity contribution is 1.62. The van der Waals surface area contributed by atoms with Gasteiger partial charge in [-0.15, -0.1) is 0 Å². The highest BCUT2D eigenvalue weighted by Gasteiger charge is 1.99. The molecule has 0 bridgehead atoms. The molecule has 0 fully saturated rings. The molecule has 0 saturated heterocycles. The zero-order valence-electron chi connectivity index (χ0n) is 10.1. The fourth-order valence-electron chi connectivity index (χ4n) is 2.18. The molecule has 18 heavy (non-hydrogen) atoms. The topological polar surface area (TPSA) is 0 Å². The molecule has 0 radical (unpaired) electrons. The molecule has 86 valence electrons. The van der Waals surface area contributed by atoms with Crippen molar-refractivity contribution in [2.45, 2.75) is 0 Å². The molecule has 0 nitrogen and oxygen atoms in total. The molecular formula is C18H14. The van der Waals surface area contributed by atoms with Crippen molar-refractivity contribution in [2.75, 3.05) is 0 Å². The first kappa shape index (κ1) is 10.8. The molecule has 0 aliphatic carbocycles. The maximum atomic E-state index is 3.77. The second-order valence-corrected chi connectivity index (χ2v) is 4.39. The number of rotatable bonds is 2. The highest BCUT2D eigenvalue weighted by molar-refractivity contribution is 5.87. The molecule has 0 aliphatic heterocycles. The third kappa shape index (κ3) is 1.93. The minimum atomic E-state index is 1.15. The van der Waals surface area contributed by atoms with E-state index in [2.05, 4.69) is 73.3 Å². The van der Waals surface area contributed by atoms with Crippen molar-refractivity contribution in [2.24, 2.45) is 0 Å².